The Labute approximate surface area is 235 Å². The van der Waals surface area contributed by atoms with Gasteiger partial charge in [0.2, 0.25) is 0 Å². The highest BCUT2D eigenvalue weighted by molar-refractivity contribution is 7.91. The van der Waals surface area contributed by atoms with Gasteiger partial charge in [0.05, 0.1) is 33.4 Å². The van der Waals surface area contributed by atoms with E-state index in [2.05, 4.69) is 25.3 Å². The van der Waals surface area contributed by atoms with Crippen molar-refractivity contribution in [2.45, 2.75) is 31.7 Å². The number of ether oxygens (including phenoxy) is 2. The van der Waals surface area contributed by atoms with Crippen molar-refractivity contribution in [1.29, 1.82) is 0 Å². The number of sulfone groups is 1. The van der Waals surface area contributed by atoms with Crippen molar-refractivity contribution in [2.75, 3.05) is 5.75 Å². The maximum Gasteiger partial charge on any atom is 0.255 e. The van der Waals surface area contributed by atoms with Gasteiger partial charge in [-0.3, -0.25) is 9.78 Å². The Morgan fingerprint density at radius 2 is 1.80 bits per heavy atom. The number of fused-ring (bicyclic) bond motifs is 1. The fourth-order valence-corrected chi connectivity index (χ4v) is 4.85. The molecule has 5 rings (SSSR count). The van der Waals surface area contributed by atoms with E-state index < -0.39 is 21.6 Å². The number of halogens is 1. The number of aromatic nitrogens is 4. The summed E-state index contributed by atoms with van der Waals surface area (Å²) in [7, 11) is -3.40. The molecule has 2 heterocycles. The highest BCUT2D eigenvalue weighted by atomic mass is 32.2. The van der Waals surface area contributed by atoms with E-state index in [1.807, 2.05) is 0 Å². The predicted molar refractivity (Wildman–Crippen MR) is 150 cm³/mol. The first-order valence-electron chi connectivity index (χ1n) is 12.7. The lowest BCUT2D eigenvalue weighted by Crippen LogP contribution is -2.30. The number of para-hydroxylation sites is 1. The molecular formula is C29H26FN5O5S. The van der Waals surface area contributed by atoms with E-state index >= 15 is 4.39 Å². The molecule has 0 bridgehead atoms. The molecule has 0 aliphatic carbocycles. The molecular weight excluding hydrogens is 549 g/mol. The maximum absolute atomic E-state index is 15.1. The molecule has 210 valence electrons. The van der Waals surface area contributed by atoms with Crippen LogP contribution in [-0.4, -0.2) is 46.1 Å². The quantitative estimate of drug-likeness (QED) is 0.229. The van der Waals surface area contributed by atoms with Crippen LogP contribution in [0.3, 0.4) is 0 Å². The van der Waals surface area contributed by atoms with Crippen molar-refractivity contribution in [3.8, 4) is 34.5 Å². The number of imidazole rings is 1. The zero-order valence-electron chi connectivity index (χ0n) is 22.4. The van der Waals surface area contributed by atoms with E-state index in [0.29, 0.717) is 28.3 Å². The number of H-pyrrole nitrogens is 1. The van der Waals surface area contributed by atoms with Crippen molar-refractivity contribution in [2.24, 2.45) is 0 Å². The fourth-order valence-electron chi connectivity index (χ4n) is 3.97. The first-order chi connectivity index (χ1) is 19.6. The molecule has 2 N–H and O–H groups in total. The second kappa shape index (κ2) is 11.3. The van der Waals surface area contributed by atoms with Gasteiger partial charge in [0.15, 0.2) is 38.7 Å². The summed E-state index contributed by atoms with van der Waals surface area (Å²) in [6.45, 7) is 5.15. The van der Waals surface area contributed by atoms with Crippen molar-refractivity contribution in [3.05, 3.63) is 84.6 Å². The van der Waals surface area contributed by atoms with E-state index in [4.69, 9.17) is 9.47 Å². The lowest BCUT2D eigenvalue weighted by molar-refractivity contribution is 0.0940. The molecule has 2 aromatic heterocycles. The molecule has 0 fully saturated rings. The molecule has 1 amide bonds. The van der Waals surface area contributed by atoms with E-state index in [9.17, 15) is 13.2 Å². The normalized spacial score (nSPS) is 11.5. The van der Waals surface area contributed by atoms with Crippen LogP contribution < -0.4 is 14.8 Å². The number of hydrogen-bond donors (Lipinski definition) is 2. The van der Waals surface area contributed by atoms with Crippen LogP contribution in [-0.2, 0) is 9.84 Å². The Morgan fingerprint density at radius 1 is 1.05 bits per heavy atom. The molecule has 0 saturated carbocycles. The number of benzene rings is 3. The minimum atomic E-state index is -3.40. The minimum Gasteiger partial charge on any atom is -0.453 e. The van der Waals surface area contributed by atoms with Crippen LogP contribution >= 0.6 is 0 Å². The molecule has 5 aromatic rings. The molecule has 0 unspecified atom stereocenters. The van der Waals surface area contributed by atoms with Gasteiger partial charge in [-0.25, -0.2) is 22.8 Å². The zero-order valence-corrected chi connectivity index (χ0v) is 23.2. The summed E-state index contributed by atoms with van der Waals surface area (Å²) in [5, 5.41) is 2.74. The number of carbonyl (C=O) groups excluding carboxylic acids is 1. The summed E-state index contributed by atoms with van der Waals surface area (Å²) in [5.74, 6) is -0.591. The molecule has 10 nitrogen and oxygen atoms in total. The van der Waals surface area contributed by atoms with Crippen molar-refractivity contribution >= 4 is 26.8 Å². The van der Waals surface area contributed by atoms with Crippen molar-refractivity contribution in [1.82, 2.24) is 25.3 Å². The summed E-state index contributed by atoms with van der Waals surface area (Å²) >= 11 is 0. The van der Waals surface area contributed by atoms with E-state index in [1.54, 1.807) is 45.3 Å². The van der Waals surface area contributed by atoms with Gasteiger partial charge in [0.25, 0.3) is 5.91 Å². The number of hydrogen-bond acceptors (Lipinski definition) is 8. The third-order valence-electron chi connectivity index (χ3n) is 5.99. The van der Waals surface area contributed by atoms with Crippen LogP contribution in [0.15, 0.2) is 78.1 Å². The lowest BCUT2D eigenvalue weighted by atomic mass is 10.1. The van der Waals surface area contributed by atoms with Gasteiger partial charge >= 0.3 is 0 Å². The summed E-state index contributed by atoms with van der Waals surface area (Å²) in [6, 6.07) is 13.0. The average Bonchev–Trinajstić information content (AvgIpc) is 3.37. The standard InChI is InChI=1S/C29H26FN5O5S/c1-4-41(37,38)19-10-8-18(9-11-19)39-25-14-22-23(35-28(34-22)24-16-31-12-13-32-24)15-26(25)40-27-20(6-5-7-21(27)30)29(36)33-17(2)3/h5-17H,4H2,1-3H3,(H,33,36)(H,34,35). The predicted octanol–water partition coefficient (Wildman–Crippen LogP) is 5.68. The zero-order chi connectivity index (χ0) is 29.1. The number of aromatic amines is 1. The van der Waals surface area contributed by atoms with Gasteiger partial charge in [-0.2, -0.15) is 0 Å². The Kier molecular flexibility index (Phi) is 7.66. The van der Waals surface area contributed by atoms with Gasteiger partial charge in [-0.1, -0.05) is 13.0 Å². The minimum absolute atomic E-state index is 0.00106. The third kappa shape index (κ3) is 6.02. The molecule has 41 heavy (non-hydrogen) atoms. The van der Waals surface area contributed by atoms with Crippen LogP contribution in [0.5, 0.6) is 23.0 Å². The van der Waals surface area contributed by atoms with Crippen LogP contribution in [0.2, 0.25) is 0 Å². The Hall–Kier alpha value is -4.84. The van der Waals surface area contributed by atoms with Gasteiger partial charge in [0, 0.05) is 30.6 Å². The van der Waals surface area contributed by atoms with E-state index in [1.165, 1.54) is 48.7 Å². The Balaban J connectivity index is 1.59. The molecule has 0 atom stereocenters. The second-order valence-electron chi connectivity index (χ2n) is 9.32. The van der Waals surface area contributed by atoms with Crippen LogP contribution in [0.1, 0.15) is 31.1 Å². The smallest absolute Gasteiger partial charge is 0.255 e. The Morgan fingerprint density at radius 3 is 2.49 bits per heavy atom. The summed E-state index contributed by atoms with van der Waals surface area (Å²) in [6.07, 6.45) is 4.63. The second-order valence-corrected chi connectivity index (χ2v) is 11.6. The van der Waals surface area contributed by atoms with Crippen molar-refractivity contribution < 1.29 is 27.1 Å². The fraction of sp³-hybridized carbons (Fsp3) is 0.172. The van der Waals surface area contributed by atoms with Crippen LogP contribution in [0, 0.1) is 5.82 Å². The summed E-state index contributed by atoms with van der Waals surface area (Å²) < 4.78 is 51.7. The first kappa shape index (κ1) is 27.7. The van der Waals surface area contributed by atoms with E-state index in [0.717, 1.165) is 0 Å². The van der Waals surface area contributed by atoms with Gasteiger partial charge < -0.3 is 19.8 Å². The number of nitrogens with zero attached hydrogens (tertiary/aromatic N) is 3. The van der Waals surface area contributed by atoms with Crippen LogP contribution in [0.4, 0.5) is 4.39 Å². The monoisotopic (exact) mass is 575 g/mol. The summed E-state index contributed by atoms with van der Waals surface area (Å²) in [5.41, 5.74) is 1.52. The number of carbonyl (C=O) groups is 1. The molecule has 0 radical (unpaired) electrons. The molecule has 0 aliphatic heterocycles. The van der Waals surface area contributed by atoms with Gasteiger partial charge in [-0.15, -0.1) is 0 Å². The summed E-state index contributed by atoms with van der Waals surface area (Å²) in [4.78, 5) is 29.1. The SMILES string of the molecule is CCS(=O)(=O)c1ccc(Oc2cc3[nH]c(-c4cnccn4)nc3cc2Oc2c(F)cccc2C(=O)NC(C)C)cc1. The highest BCUT2D eigenvalue weighted by Crippen LogP contribution is 2.40. The number of amides is 1. The maximum atomic E-state index is 15.1. The largest absolute Gasteiger partial charge is 0.453 e. The van der Waals surface area contributed by atoms with Gasteiger partial charge in [-0.05, 0) is 50.2 Å². The Bertz CT molecular complexity index is 1820. The third-order valence-corrected chi connectivity index (χ3v) is 7.74. The topological polar surface area (TPSA) is 136 Å². The van der Waals surface area contributed by atoms with Gasteiger partial charge in [0.1, 0.15) is 11.4 Å². The average molecular weight is 576 g/mol. The molecule has 0 saturated heterocycles. The first-order valence-corrected chi connectivity index (χ1v) is 14.4. The van der Waals surface area contributed by atoms with E-state index in [-0.39, 0.29) is 39.5 Å². The number of nitrogens with one attached hydrogen (secondary N) is 2. The molecule has 0 aliphatic rings. The molecule has 3 aromatic carbocycles. The molecule has 0 spiro atoms. The van der Waals surface area contributed by atoms with Crippen molar-refractivity contribution in [3.63, 3.8) is 0 Å². The van der Waals surface area contributed by atoms with Crippen LogP contribution in [0.25, 0.3) is 22.6 Å². The highest BCUT2D eigenvalue weighted by Gasteiger charge is 2.22. The lowest BCUT2D eigenvalue weighted by Gasteiger charge is -2.16. The molecule has 12 heteroatoms. The number of rotatable bonds is 9.